The SMILES string of the molecule is C[C@@H]1C[C@H]2Cc3ncccc3[C@]3(C1)NCCC[C@H]23. The van der Waals surface area contributed by atoms with E-state index in [4.69, 9.17) is 0 Å². The molecule has 1 aliphatic heterocycles. The highest BCUT2D eigenvalue weighted by Gasteiger charge is 2.53. The van der Waals surface area contributed by atoms with Crippen LogP contribution in [0.2, 0.25) is 0 Å². The molecule has 2 bridgehead atoms. The van der Waals surface area contributed by atoms with Gasteiger partial charge in [-0.3, -0.25) is 4.98 Å². The second kappa shape index (κ2) is 3.80. The maximum atomic E-state index is 4.67. The third-order valence-electron chi connectivity index (χ3n) is 5.54. The van der Waals surface area contributed by atoms with Gasteiger partial charge in [0, 0.05) is 17.4 Å². The molecule has 1 saturated carbocycles. The lowest BCUT2D eigenvalue weighted by atomic mass is 9.54. The predicted octanol–water partition coefficient (Wildman–Crippen LogP) is 2.88. The molecule has 1 aromatic rings. The minimum atomic E-state index is 0.266. The molecule has 18 heavy (non-hydrogen) atoms. The average Bonchev–Trinajstić information content (AvgIpc) is 2.38. The molecule has 1 aromatic heterocycles. The van der Waals surface area contributed by atoms with Crippen LogP contribution in [0.15, 0.2) is 18.3 Å². The van der Waals surface area contributed by atoms with E-state index in [1.54, 1.807) is 0 Å². The van der Waals surface area contributed by atoms with E-state index >= 15 is 0 Å². The lowest BCUT2D eigenvalue weighted by molar-refractivity contribution is 0.00805. The van der Waals surface area contributed by atoms with Crippen molar-refractivity contribution in [1.29, 1.82) is 0 Å². The maximum absolute atomic E-state index is 4.67. The highest BCUT2D eigenvalue weighted by atomic mass is 15.0. The number of aromatic nitrogens is 1. The normalized spacial score (nSPS) is 41.9. The van der Waals surface area contributed by atoms with Crippen molar-refractivity contribution in [3.05, 3.63) is 29.6 Å². The molecule has 4 atom stereocenters. The third kappa shape index (κ3) is 1.36. The molecule has 0 unspecified atom stereocenters. The highest BCUT2D eigenvalue weighted by molar-refractivity contribution is 5.35. The Labute approximate surface area is 109 Å². The number of nitrogens with one attached hydrogen (secondary N) is 1. The van der Waals surface area contributed by atoms with E-state index in [9.17, 15) is 0 Å². The number of hydrogen-bond acceptors (Lipinski definition) is 2. The monoisotopic (exact) mass is 242 g/mol. The molecule has 3 aliphatic rings. The lowest BCUT2D eigenvalue weighted by Gasteiger charge is -2.57. The van der Waals surface area contributed by atoms with Gasteiger partial charge in [-0.2, -0.15) is 0 Å². The molecule has 1 saturated heterocycles. The molecule has 2 nitrogen and oxygen atoms in total. The number of fused-ring (bicyclic) bond motifs is 1. The zero-order valence-corrected chi connectivity index (χ0v) is 11.2. The van der Waals surface area contributed by atoms with E-state index < -0.39 is 0 Å². The van der Waals surface area contributed by atoms with Gasteiger partial charge in [0.1, 0.15) is 0 Å². The van der Waals surface area contributed by atoms with Gasteiger partial charge in [-0.15, -0.1) is 0 Å². The minimum absolute atomic E-state index is 0.266. The van der Waals surface area contributed by atoms with E-state index in [1.165, 1.54) is 49.9 Å². The number of hydrogen-bond donors (Lipinski definition) is 1. The summed E-state index contributed by atoms with van der Waals surface area (Å²) in [5, 5.41) is 3.91. The summed E-state index contributed by atoms with van der Waals surface area (Å²) in [6.45, 7) is 3.62. The first kappa shape index (κ1) is 11.0. The van der Waals surface area contributed by atoms with Gasteiger partial charge in [0.25, 0.3) is 0 Å². The second-order valence-corrected chi connectivity index (χ2v) is 6.65. The fourth-order valence-corrected chi connectivity index (χ4v) is 5.07. The quantitative estimate of drug-likeness (QED) is 0.756. The van der Waals surface area contributed by atoms with Gasteiger partial charge in [-0.1, -0.05) is 13.0 Å². The molecule has 2 aliphatic carbocycles. The Morgan fingerprint density at radius 2 is 2.39 bits per heavy atom. The highest BCUT2D eigenvalue weighted by Crippen LogP contribution is 2.54. The first-order valence-electron chi connectivity index (χ1n) is 7.49. The molecule has 2 heterocycles. The summed E-state index contributed by atoms with van der Waals surface area (Å²) >= 11 is 0. The van der Waals surface area contributed by atoms with Crippen LogP contribution in [-0.2, 0) is 12.0 Å². The van der Waals surface area contributed by atoms with E-state index in [0.29, 0.717) is 0 Å². The summed E-state index contributed by atoms with van der Waals surface area (Å²) in [5.41, 5.74) is 3.17. The Bertz CT molecular complexity index is 470. The van der Waals surface area contributed by atoms with Crippen LogP contribution in [0.4, 0.5) is 0 Å². The van der Waals surface area contributed by atoms with Gasteiger partial charge in [0.15, 0.2) is 0 Å². The summed E-state index contributed by atoms with van der Waals surface area (Å²) in [6, 6.07) is 4.46. The van der Waals surface area contributed by atoms with Crippen molar-refractivity contribution in [3.63, 3.8) is 0 Å². The van der Waals surface area contributed by atoms with E-state index in [0.717, 1.165) is 17.8 Å². The van der Waals surface area contributed by atoms with E-state index in [2.05, 4.69) is 29.4 Å². The van der Waals surface area contributed by atoms with Gasteiger partial charge in [0.2, 0.25) is 0 Å². The smallest absolute Gasteiger partial charge is 0.0486 e. The molecule has 2 fully saturated rings. The lowest BCUT2D eigenvalue weighted by Crippen LogP contribution is -2.60. The van der Waals surface area contributed by atoms with Crippen LogP contribution < -0.4 is 5.32 Å². The Balaban J connectivity index is 1.90. The van der Waals surface area contributed by atoms with Gasteiger partial charge in [-0.05, 0) is 68.0 Å². The van der Waals surface area contributed by atoms with Gasteiger partial charge in [0.05, 0.1) is 0 Å². The first-order valence-corrected chi connectivity index (χ1v) is 7.49. The largest absolute Gasteiger partial charge is 0.307 e. The molecule has 2 heteroatoms. The van der Waals surface area contributed by atoms with Gasteiger partial charge < -0.3 is 5.32 Å². The first-order chi connectivity index (χ1) is 8.79. The number of nitrogens with zero attached hydrogens (tertiary/aromatic N) is 1. The second-order valence-electron chi connectivity index (χ2n) is 6.65. The zero-order chi connectivity index (χ0) is 12.2. The maximum Gasteiger partial charge on any atom is 0.0486 e. The van der Waals surface area contributed by atoms with Crippen LogP contribution in [0.5, 0.6) is 0 Å². The molecular formula is C16H22N2. The average molecular weight is 242 g/mol. The molecule has 0 amide bonds. The van der Waals surface area contributed by atoms with E-state index in [1.807, 2.05) is 6.20 Å². The van der Waals surface area contributed by atoms with Crippen LogP contribution >= 0.6 is 0 Å². The Kier molecular flexibility index (Phi) is 2.32. The number of piperidine rings is 1. The Morgan fingerprint density at radius 3 is 3.33 bits per heavy atom. The van der Waals surface area contributed by atoms with Gasteiger partial charge >= 0.3 is 0 Å². The van der Waals surface area contributed by atoms with Crippen molar-refractivity contribution in [2.24, 2.45) is 17.8 Å². The molecule has 1 N–H and O–H groups in total. The summed E-state index contributed by atoms with van der Waals surface area (Å²) in [5.74, 6) is 2.58. The fourth-order valence-electron chi connectivity index (χ4n) is 5.07. The molecule has 4 rings (SSSR count). The standard InChI is InChI=1S/C16H22N2/c1-11-8-12-9-15-14(5-2-6-17-15)16(10-11)13(12)4-3-7-18-16/h2,5-6,11-13,18H,3-4,7-10H2,1H3/t11-,12+,13-,16-/m1/s1. The van der Waals surface area contributed by atoms with Crippen LogP contribution in [0.3, 0.4) is 0 Å². The third-order valence-corrected chi connectivity index (χ3v) is 5.54. The molecule has 0 aromatic carbocycles. The summed E-state index contributed by atoms with van der Waals surface area (Å²) in [7, 11) is 0. The number of pyridine rings is 1. The topological polar surface area (TPSA) is 24.9 Å². The van der Waals surface area contributed by atoms with E-state index in [-0.39, 0.29) is 5.54 Å². The summed E-state index contributed by atoms with van der Waals surface area (Å²) < 4.78 is 0. The van der Waals surface area contributed by atoms with Crippen molar-refractivity contribution >= 4 is 0 Å². The van der Waals surface area contributed by atoms with Crippen molar-refractivity contribution in [2.75, 3.05) is 6.54 Å². The molecule has 0 radical (unpaired) electrons. The number of rotatable bonds is 0. The zero-order valence-electron chi connectivity index (χ0n) is 11.2. The minimum Gasteiger partial charge on any atom is -0.307 e. The van der Waals surface area contributed by atoms with Crippen LogP contribution in [0.1, 0.15) is 43.9 Å². The summed E-state index contributed by atoms with van der Waals surface area (Å²) in [4.78, 5) is 4.67. The Hall–Kier alpha value is -0.890. The predicted molar refractivity (Wildman–Crippen MR) is 72.2 cm³/mol. The molecule has 0 spiro atoms. The summed E-state index contributed by atoms with van der Waals surface area (Å²) in [6.07, 6.45) is 8.68. The van der Waals surface area contributed by atoms with Crippen molar-refractivity contribution in [3.8, 4) is 0 Å². The fraction of sp³-hybridized carbons (Fsp3) is 0.688. The molecular weight excluding hydrogens is 220 g/mol. The molecule has 96 valence electrons. The van der Waals surface area contributed by atoms with Gasteiger partial charge in [-0.25, -0.2) is 0 Å². The Morgan fingerprint density at radius 1 is 1.44 bits per heavy atom. The van der Waals surface area contributed by atoms with Crippen LogP contribution in [-0.4, -0.2) is 11.5 Å². The van der Waals surface area contributed by atoms with Crippen molar-refractivity contribution < 1.29 is 0 Å². The van der Waals surface area contributed by atoms with Crippen molar-refractivity contribution in [1.82, 2.24) is 10.3 Å². The van der Waals surface area contributed by atoms with Crippen LogP contribution in [0.25, 0.3) is 0 Å². The van der Waals surface area contributed by atoms with Crippen molar-refractivity contribution in [2.45, 2.75) is 44.6 Å². The van der Waals surface area contributed by atoms with Crippen LogP contribution in [0, 0.1) is 17.8 Å².